The van der Waals surface area contributed by atoms with Crippen LogP contribution in [-0.4, -0.2) is 59.2 Å². The molecule has 0 spiro atoms. The van der Waals surface area contributed by atoms with E-state index in [1.807, 2.05) is 4.90 Å². The molecule has 0 unspecified atom stereocenters. The van der Waals surface area contributed by atoms with Gasteiger partial charge in [0, 0.05) is 38.8 Å². The van der Waals surface area contributed by atoms with Crippen LogP contribution in [0, 0.1) is 21.4 Å². The number of hydrogen-bond donors (Lipinski definition) is 1. The van der Waals surface area contributed by atoms with Crippen LogP contribution in [0.1, 0.15) is 5.69 Å². The highest BCUT2D eigenvalue weighted by Gasteiger charge is 2.21. The Morgan fingerprint density at radius 3 is 2.65 bits per heavy atom. The van der Waals surface area contributed by atoms with Crippen molar-refractivity contribution in [3.63, 3.8) is 0 Å². The number of pyridine rings is 1. The van der Waals surface area contributed by atoms with Gasteiger partial charge in [-0.3, -0.25) is 15.0 Å². The van der Waals surface area contributed by atoms with Gasteiger partial charge in [0.25, 0.3) is 0 Å². The Hall–Kier alpha value is -2.24. The van der Waals surface area contributed by atoms with Gasteiger partial charge in [0.1, 0.15) is 11.9 Å². The molecule has 1 aromatic heterocycles. The quantitative estimate of drug-likeness (QED) is 0.608. The number of nitriles is 1. The number of rotatable bonds is 4. The van der Waals surface area contributed by atoms with Crippen molar-refractivity contribution in [3.05, 3.63) is 27.9 Å². The second-order valence-electron chi connectivity index (χ2n) is 4.46. The molecule has 0 aliphatic carbocycles. The molecule has 1 aromatic rings. The van der Waals surface area contributed by atoms with Gasteiger partial charge in [-0.15, -0.1) is 0 Å². The molecule has 1 fully saturated rings. The number of hydrogen-bond acceptors (Lipinski definition) is 7. The fourth-order valence-corrected chi connectivity index (χ4v) is 2.19. The molecule has 2 heterocycles. The van der Waals surface area contributed by atoms with E-state index in [0.29, 0.717) is 12.4 Å². The zero-order valence-corrected chi connectivity index (χ0v) is 10.9. The van der Waals surface area contributed by atoms with Crippen LogP contribution in [0.25, 0.3) is 0 Å². The Morgan fingerprint density at radius 2 is 2.10 bits per heavy atom. The summed E-state index contributed by atoms with van der Waals surface area (Å²) in [6.45, 7) is 3.80. The molecule has 1 saturated heterocycles. The summed E-state index contributed by atoms with van der Waals surface area (Å²) in [7, 11) is 0. The van der Waals surface area contributed by atoms with Gasteiger partial charge in [-0.2, -0.15) is 5.26 Å². The second-order valence-corrected chi connectivity index (χ2v) is 4.46. The van der Waals surface area contributed by atoms with Crippen molar-refractivity contribution >= 4 is 11.5 Å². The summed E-state index contributed by atoms with van der Waals surface area (Å²) in [5, 5.41) is 28.6. The van der Waals surface area contributed by atoms with E-state index in [4.69, 9.17) is 10.4 Å². The Kier molecular flexibility index (Phi) is 4.45. The van der Waals surface area contributed by atoms with Crippen molar-refractivity contribution in [1.82, 2.24) is 9.88 Å². The third kappa shape index (κ3) is 3.01. The lowest BCUT2D eigenvalue weighted by molar-refractivity contribution is -0.385. The minimum atomic E-state index is -0.603. The summed E-state index contributed by atoms with van der Waals surface area (Å²) in [4.78, 5) is 18.3. The van der Waals surface area contributed by atoms with E-state index in [-0.39, 0.29) is 18.0 Å². The molecule has 0 amide bonds. The van der Waals surface area contributed by atoms with Gasteiger partial charge in [0.15, 0.2) is 0 Å². The average molecular weight is 277 g/mol. The Morgan fingerprint density at radius 1 is 1.40 bits per heavy atom. The van der Waals surface area contributed by atoms with Crippen LogP contribution in [0.4, 0.5) is 11.5 Å². The van der Waals surface area contributed by atoms with Crippen LogP contribution in [0.5, 0.6) is 0 Å². The van der Waals surface area contributed by atoms with Gasteiger partial charge in [-0.05, 0) is 6.07 Å². The Labute approximate surface area is 116 Å². The van der Waals surface area contributed by atoms with Crippen LogP contribution < -0.4 is 4.90 Å². The van der Waals surface area contributed by atoms with Gasteiger partial charge in [0.05, 0.1) is 11.5 Å². The van der Waals surface area contributed by atoms with Crippen LogP contribution in [0.2, 0.25) is 0 Å². The third-order valence-electron chi connectivity index (χ3n) is 3.27. The molecule has 1 aliphatic heterocycles. The number of piperazine rings is 1. The molecule has 0 aromatic carbocycles. The summed E-state index contributed by atoms with van der Waals surface area (Å²) in [6, 6.07) is 4.65. The second kappa shape index (κ2) is 6.27. The summed E-state index contributed by atoms with van der Waals surface area (Å²) in [5.74, 6) is 0.579. The largest absolute Gasteiger partial charge is 0.395 e. The molecule has 0 radical (unpaired) electrons. The first-order valence-electron chi connectivity index (χ1n) is 6.29. The van der Waals surface area contributed by atoms with E-state index in [2.05, 4.69) is 9.88 Å². The predicted octanol–water partition coefficient (Wildman–Crippen LogP) is -0.0242. The van der Waals surface area contributed by atoms with Crippen LogP contribution in [0.3, 0.4) is 0 Å². The zero-order chi connectivity index (χ0) is 14.5. The van der Waals surface area contributed by atoms with E-state index >= 15 is 0 Å². The maximum absolute atomic E-state index is 10.8. The van der Waals surface area contributed by atoms with Gasteiger partial charge in [0.2, 0.25) is 5.69 Å². The number of nitro groups is 1. The highest BCUT2D eigenvalue weighted by Crippen LogP contribution is 2.21. The minimum Gasteiger partial charge on any atom is -0.395 e. The first-order valence-corrected chi connectivity index (χ1v) is 6.29. The molecule has 0 bridgehead atoms. The smallest absolute Gasteiger partial charge is 0.305 e. The molecule has 106 valence electrons. The van der Waals surface area contributed by atoms with Gasteiger partial charge in [-0.1, -0.05) is 0 Å². The van der Waals surface area contributed by atoms with Crippen LogP contribution in [0.15, 0.2) is 12.1 Å². The monoisotopic (exact) mass is 277 g/mol. The first kappa shape index (κ1) is 14.2. The summed E-state index contributed by atoms with van der Waals surface area (Å²) >= 11 is 0. The standard InChI is InChI=1S/C12H15N5O3/c13-9-10-11(17(19)20)1-2-12(14-10)16-5-3-15(4-6-16)7-8-18/h1-2,18H,3-8H2. The van der Waals surface area contributed by atoms with Crippen molar-refractivity contribution in [3.8, 4) is 6.07 Å². The average Bonchev–Trinajstić information content (AvgIpc) is 2.47. The minimum absolute atomic E-state index is 0.133. The molecule has 8 nitrogen and oxygen atoms in total. The highest BCUT2D eigenvalue weighted by atomic mass is 16.6. The Bertz CT molecular complexity index is 534. The van der Waals surface area contributed by atoms with E-state index < -0.39 is 4.92 Å². The molecular formula is C12H15N5O3. The SMILES string of the molecule is N#Cc1nc(N2CCN(CCO)CC2)ccc1[N+](=O)[O-]. The molecule has 20 heavy (non-hydrogen) atoms. The summed E-state index contributed by atoms with van der Waals surface area (Å²) in [5.41, 5.74) is -0.430. The van der Waals surface area contributed by atoms with Crippen molar-refractivity contribution in [2.75, 3.05) is 44.2 Å². The Balaban J connectivity index is 2.11. The summed E-state index contributed by atoms with van der Waals surface area (Å²) < 4.78 is 0. The van der Waals surface area contributed by atoms with Gasteiger partial charge < -0.3 is 10.0 Å². The maximum Gasteiger partial charge on any atom is 0.305 e. The highest BCUT2D eigenvalue weighted by molar-refractivity contribution is 5.51. The lowest BCUT2D eigenvalue weighted by Gasteiger charge is -2.35. The number of aliphatic hydroxyl groups excluding tert-OH is 1. The van der Waals surface area contributed by atoms with Crippen LogP contribution >= 0.6 is 0 Å². The summed E-state index contributed by atoms with van der Waals surface area (Å²) in [6.07, 6.45) is 0. The van der Waals surface area contributed by atoms with E-state index in [1.54, 1.807) is 12.1 Å². The predicted molar refractivity (Wildman–Crippen MR) is 71.3 cm³/mol. The molecule has 0 saturated carbocycles. The maximum atomic E-state index is 10.8. The fraction of sp³-hybridized carbons (Fsp3) is 0.500. The number of β-amino-alcohol motifs (C(OH)–C–C–N with tert-alkyl or cyclic N) is 1. The topological polar surface area (TPSA) is 107 Å². The molecule has 1 aliphatic rings. The molecular weight excluding hydrogens is 262 g/mol. The van der Waals surface area contributed by atoms with Gasteiger partial charge in [-0.25, -0.2) is 4.98 Å². The van der Waals surface area contributed by atoms with Crippen molar-refractivity contribution in [1.29, 1.82) is 5.26 Å². The van der Waals surface area contributed by atoms with E-state index in [1.165, 1.54) is 6.07 Å². The molecule has 0 atom stereocenters. The molecule has 1 N–H and O–H groups in total. The van der Waals surface area contributed by atoms with E-state index in [0.717, 1.165) is 26.2 Å². The normalized spacial score (nSPS) is 15.9. The molecule has 8 heteroatoms. The van der Waals surface area contributed by atoms with Crippen molar-refractivity contribution < 1.29 is 10.0 Å². The van der Waals surface area contributed by atoms with Crippen molar-refractivity contribution in [2.45, 2.75) is 0 Å². The third-order valence-corrected chi connectivity index (χ3v) is 3.27. The zero-order valence-electron chi connectivity index (χ0n) is 10.9. The number of anilines is 1. The fourth-order valence-electron chi connectivity index (χ4n) is 2.19. The number of aliphatic hydroxyl groups is 1. The van der Waals surface area contributed by atoms with E-state index in [9.17, 15) is 10.1 Å². The van der Waals surface area contributed by atoms with Crippen LogP contribution in [-0.2, 0) is 0 Å². The first-order chi connectivity index (χ1) is 9.65. The lowest BCUT2D eigenvalue weighted by Crippen LogP contribution is -2.47. The van der Waals surface area contributed by atoms with Crippen molar-refractivity contribution in [2.24, 2.45) is 0 Å². The number of nitrogens with zero attached hydrogens (tertiary/aromatic N) is 5. The number of aromatic nitrogens is 1. The molecule has 2 rings (SSSR count). The lowest BCUT2D eigenvalue weighted by atomic mass is 10.2. The van der Waals surface area contributed by atoms with Gasteiger partial charge >= 0.3 is 5.69 Å².